The molecule has 0 spiro atoms. The second-order valence-electron chi connectivity index (χ2n) is 7.03. The molecule has 0 bridgehead atoms. The fourth-order valence-corrected chi connectivity index (χ4v) is 3.03. The quantitative estimate of drug-likeness (QED) is 0.406. The second-order valence-corrected chi connectivity index (χ2v) is 7.03. The maximum Gasteiger partial charge on any atom is 0.220 e. The third-order valence-electron chi connectivity index (χ3n) is 4.62. The lowest BCUT2D eigenvalue weighted by molar-refractivity contribution is -0.121. The first-order valence-corrected chi connectivity index (χ1v) is 9.77. The van der Waals surface area contributed by atoms with Crippen LogP contribution in [0.25, 0.3) is 0 Å². The number of phenols is 3. The van der Waals surface area contributed by atoms with Crippen LogP contribution in [0.15, 0.2) is 66.7 Å². The van der Waals surface area contributed by atoms with E-state index in [1.54, 1.807) is 18.2 Å². The fourth-order valence-electron chi connectivity index (χ4n) is 3.03. The number of aromatic hydroxyl groups is 3. The van der Waals surface area contributed by atoms with Crippen LogP contribution in [0.1, 0.15) is 23.1 Å². The van der Waals surface area contributed by atoms with Gasteiger partial charge in [0, 0.05) is 19.0 Å². The average Bonchev–Trinajstić information content (AvgIpc) is 2.73. The number of carbonyl (C=O) groups is 1. The third-order valence-corrected chi connectivity index (χ3v) is 4.62. The van der Waals surface area contributed by atoms with Crippen LogP contribution in [0.4, 0.5) is 0 Å². The summed E-state index contributed by atoms with van der Waals surface area (Å²) in [5.74, 6) is 0.216. The number of aryl methyl sites for hydroxylation is 1. The summed E-state index contributed by atoms with van der Waals surface area (Å²) in [5, 5.41) is 31.6. The van der Waals surface area contributed by atoms with E-state index >= 15 is 0 Å². The molecule has 0 aliphatic heterocycles. The highest BCUT2D eigenvalue weighted by atomic mass is 16.5. The minimum Gasteiger partial charge on any atom is -0.508 e. The molecule has 0 radical (unpaired) electrons. The molecule has 30 heavy (non-hydrogen) atoms. The summed E-state index contributed by atoms with van der Waals surface area (Å²) < 4.78 is 5.76. The summed E-state index contributed by atoms with van der Waals surface area (Å²) in [6, 6.07) is 19.4. The Kier molecular flexibility index (Phi) is 7.16. The predicted molar refractivity (Wildman–Crippen MR) is 114 cm³/mol. The molecule has 0 atom stereocenters. The Labute approximate surface area is 175 Å². The van der Waals surface area contributed by atoms with E-state index in [0.717, 1.165) is 16.7 Å². The SMILES string of the molecule is O=C(CCc1ccc(O)c(O)c1)NCCc1cc(O)cc(OCc2ccccc2)c1. The molecule has 0 saturated heterocycles. The van der Waals surface area contributed by atoms with Crippen molar-refractivity contribution in [2.45, 2.75) is 25.9 Å². The second kappa shape index (κ2) is 10.2. The van der Waals surface area contributed by atoms with Crippen LogP contribution in [0.5, 0.6) is 23.0 Å². The average molecular weight is 407 g/mol. The van der Waals surface area contributed by atoms with Crippen LogP contribution >= 0.6 is 0 Å². The molecule has 3 rings (SSSR count). The summed E-state index contributed by atoms with van der Waals surface area (Å²) in [6.45, 7) is 0.842. The zero-order valence-corrected chi connectivity index (χ0v) is 16.5. The van der Waals surface area contributed by atoms with Crippen molar-refractivity contribution in [3.05, 3.63) is 83.4 Å². The number of rotatable bonds is 9. The molecular weight excluding hydrogens is 382 g/mol. The number of nitrogens with one attached hydrogen (secondary N) is 1. The van der Waals surface area contributed by atoms with Crippen LogP contribution < -0.4 is 10.1 Å². The summed E-state index contributed by atoms with van der Waals surface area (Å²) in [4.78, 5) is 12.1. The van der Waals surface area contributed by atoms with Gasteiger partial charge in [-0.3, -0.25) is 4.79 Å². The smallest absolute Gasteiger partial charge is 0.220 e. The lowest BCUT2D eigenvalue weighted by atomic mass is 10.1. The molecular formula is C24H25NO5. The highest BCUT2D eigenvalue weighted by Crippen LogP contribution is 2.25. The minimum absolute atomic E-state index is 0.108. The normalized spacial score (nSPS) is 10.5. The van der Waals surface area contributed by atoms with E-state index in [2.05, 4.69) is 5.32 Å². The van der Waals surface area contributed by atoms with Gasteiger partial charge in [0.1, 0.15) is 18.1 Å². The topological polar surface area (TPSA) is 99.0 Å². The first kappa shape index (κ1) is 21.0. The van der Waals surface area contributed by atoms with E-state index in [4.69, 9.17) is 4.74 Å². The van der Waals surface area contributed by atoms with E-state index in [9.17, 15) is 20.1 Å². The number of hydrogen-bond donors (Lipinski definition) is 4. The Bertz CT molecular complexity index is 988. The fraction of sp³-hybridized carbons (Fsp3) is 0.208. The Hall–Kier alpha value is -3.67. The number of carbonyl (C=O) groups excluding carboxylic acids is 1. The van der Waals surface area contributed by atoms with Gasteiger partial charge in [-0.25, -0.2) is 0 Å². The highest BCUT2D eigenvalue weighted by molar-refractivity contribution is 5.76. The Morgan fingerprint density at radius 2 is 1.60 bits per heavy atom. The molecule has 1 amide bonds. The van der Waals surface area contributed by atoms with Crippen molar-refractivity contribution in [2.24, 2.45) is 0 Å². The first-order chi connectivity index (χ1) is 14.5. The standard InChI is InChI=1S/C24H25NO5/c26-20-12-19(13-21(15-20)30-16-18-4-2-1-3-5-18)10-11-25-24(29)9-7-17-6-8-22(27)23(28)14-17/h1-6,8,12-15,26-28H,7,9-11,16H2,(H,25,29). The van der Waals surface area contributed by atoms with E-state index in [0.29, 0.717) is 31.7 Å². The van der Waals surface area contributed by atoms with Crippen molar-refractivity contribution in [3.8, 4) is 23.0 Å². The first-order valence-electron chi connectivity index (χ1n) is 9.77. The van der Waals surface area contributed by atoms with E-state index in [-0.39, 0.29) is 29.6 Å². The number of benzene rings is 3. The molecule has 0 heterocycles. The summed E-state index contributed by atoms with van der Waals surface area (Å²) >= 11 is 0. The number of hydrogen-bond acceptors (Lipinski definition) is 5. The molecule has 4 N–H and O–H groups in total. The molecule has 0 fully saturated rings. The Morgan fingerprint density at radius 3 is 2.37 bits per heavy atom. The summed E-state index contributed by atoms with van der Waals surface area (Å²) in [6.07, 6.45) is 1.29. The van der Waals surface area contributed by atoms with Crippen molar-refractivity contribution in [1.82, 2.24) is 5.32 Å². The zero-order chi connectivity index (χ0) is 21.3. The van der Waals surface area contributed by atoms with Gasteiger partial charge >= 0.3 is 0 Å². The predicted octanol–water partition coefficient (Wildman–Crippen LogP) is 3.67. The Morgan fingerprint density at radius 1 is 0.800 bits per heavy atom. The lowest BCUT2D eigenvalue weighted by Gasteiger charge is -2.10. The molecule has 6 nitrogen and oxygen atoms in total. The van der Waals surface area contributed by atoms with E-state index in [1.165, 1.54) is 12.1 Å². The van der Waals surface area contributed by atoms with Crippen molar-refractivity contribution in [3.63, 3.8) is 0 Å². The number of phenolic OH excluding ortho intramolecular Hbond substituents is 3. The van der Waals surface area contributed by atoms with E-state index in [1.807, 2.05) is 36.4 Å². The van der Waals surface area contributed by atoms with Gasteiger partial charge in [0.05, 0.1) is 0 Å². The molecule has 0 aliphatic carbocycles. The van der Waals surface area contributed by atoms with Gasteiger partial charge in [-0.1, -0.05) is 36.4 Å². The van der Waals surface area contributed by atoms with Gasteiger partial charge in [0.2, 0.25) is 5.91 Å². The minimum atomic E-state index is -0.193. The van der Waals surface area contributed by atoms with Gasteiger partial charge in [-0.2, -0.15) is 0 Å². The van der Waals surface area contributed by atoms with Gasteiger partial charge in [0.15, 0.2) is 11.5 Å². The largest absolute Gasteiger partial charge is 0.508 e. The third kappa shape index (κ3) is 6.44. The zero-order valence-electron chi connectivity index (χ0n) is 16.5. The summed E-state index contributed by atoms with van der Waals surface area (Å²) in [5.41, 5.74) is 2.67. The molecule has 6 heteroatoms. The van der Waals surface area contributed by atoms with E-state index < -0.39 is 0 Å². The van der Waals surface area contributed by atoms with Crippen molar-refractivity contribution in [1.29, 1.82) is 0 Å². The van der Waals surface area contributed by atoms with Gasteiger partial charge < -0.3 is 25.4 Å². The molecule has 156 valence electrons. The van der Waals surface area contributed by atoms with Crippen molar-refractivity contribution >= 4 is 5.91 Å². The van der Waals surface area contributed by atoms with Crippen LogP contribution in [0.3, 0.4) is 0 Å². The van der Waals surface area contributed by atoms with Crippen LogP contribution in [0.2, 0.25) is 0 Å². The highest BCUT2D eigenvalue weighted by Gasteiger charge is 2.06. The van der Waals surface area contributed by atoms with Crippen LogP contribution in [0, 0.1) is 0 Å². The molecule has 0 aromatic heterocycles. The molecule has 0 unspecified atom stereocenters. The molecule has 0 saturated carbocycles. The molecule has 3 aromatic carbocycles. The lowest BCUT2D eigenvalue weighted by Crippen LogP contribution is -2.25. The van der Waals surface area contributed by atoms with Gasteiger partial charge in [0.25, 0.3) is 0 Å². The van der Waals surface area contributed by atoms with Gasteiger partial charge in [-0.05, 0) is 53.8 Å². The van der Waals surface area contributed by atoms with Crippen LogP contribution in [-0.4, -0.2) is 27.8 Å². The molecule has 0 aliphatic rings. The number of ether oxygens (including phenoxy) is 1. The van der Waals surface area contributed by atoms with Crippen LogP contribution in [-0.2, 0) is 24.2 Å². The summed E-state index contributed by atoms with van der Waals surface area (Å²) in [7, 11) is 0. The monoisotopic (exact) mass is 407 g/mol. The maximum absolute atomic E-state index is 12.1. The Balaban J connectivity index is 1.45. The van der Waals surface area contributed by atoms with Gasteiger partial charge in [-0.15, -0.1) is 0 Å². The molecule has 3 aromatic rings. The van der Waals surface area contributed by atoms with Crippen molar-refractivity contribution in [2.75, 3.05) is 6.54 Å². The number of amides is 1. The van der Waals surface area contributed by atoms with Crippen molar-refractivity contribution < 1.29 is 24.9 Å². The maximum atomic E-state index is 12.1.